The molecule has 0 aliphatic rings. The molecule has 0 aliphatic carbocycles. The second kappa shape index (κ2) is 14.9. The molecule has 0 saturated heterocycles. The van der Waals surface area contributed by atoms with Gasteiger partial charge in [0.15, 0.2) is 23.9 Å². The van der Waals surface area contributed by atoms with Crippen LogP contribution in [0.5, 0.6) is 11.5 Å². The predicted octanol–water partition coefficient (Wildman–Crippen LogP) is 7.58. The molecule has 4 aromatic rings. The second-order valence-electron chi connectivity index (χ2n) is 8.34. The van der Waals surface area contributed by atoms with Gasteiger partial charge in [-0.1, -0.05) is 41.4 Å². The highest BCUT2D eigenvalue weighted by Gasteiger charge is 2.25. The first-order chi connectivity index (χ1) is 19.2. The molecule has 0 aliphatic heterocycles. The van der Waals surface area contributed by atoms with Crippen LogP contribution < -0.4 is 19.8 Å². The Hall–Kier alpha value is -3.51. The molecule has 218 valence electrons. The molecule has 0 saturated carbocycles. The van der Waals surface area contributed by atoms with Crippen molar-refractivity contribution in [3.63, 3.8) is 0 Å². The summed E-state index contributed by atoms with van der Waals surface area (Å²) in [5.74, 6) is -1.08. The Kier molecular flexibility index (Phi) is 11.7. The summed E-state index contributed by atoms with van der Waals surface area (Å²) in [6, 6.07) is 14.0. The summed E-state index contributed by atoms with van der Waals surface area (Å²) in [5.41, 5.74) is 1.32. The van der Waals surface area contributed by atoms with Crippen molar-refractivity contribution in [2.45, 2.75) is 32.6 Å². The number of para-hydroxylation sites is 1. The van der Waals surface area contributed by atoms with Gasteiger partial charge < -0.3 is 25.0 Å². The Bertz CT molecular complexity index is 1450. The third-order valence-electron chi connectivity index (χ3n) is 5.68. The summed E-state index contributed by atoms with van der Waals surface area (Å²) in [5, 5.41) is 3.66. The number of nitrogens with one attached hydrogen (secondary N) is 2. The molecule has 2 aromatic carbocycles. The fourth-order valence-electron chi connectivity index (χ4n) is 3.83. The van der Waals surface area contributed by atoms with E-state index in [0.717, 1.165) is 4.88 Å². The highest BCUT2D eigenvalue weighted by Crippen LogP contribution is 2.36. The molecule has 0 spiro atoms. The number of hydrogen-bond donors (Lipinski definition) is 1. The number of aromatic nitrogens is 1. The van der Waals surface area contributed by atoms with Crippen molar-refractivity contribution in [1.82, 2.24) is 0 Å². The third kappa shape index (κ3) is 8.49. The van der Waals surface area contributed by atoms with Crippen LogP contribution in [0.15, 0.2) is 67.0 Å². The molecule has 13 heteroatoms. The van der Waals surface area contributed by atoms with E-state index in [9.17, 15) is 18.0 Å². The fraction of sp³-hybridized carbons (Fsp3) is 0.214. The number of pyridine rings is 1. The molecule has 1 atom stereocenters. The summed E-state index contributed by atoms with van der Waals surface area (Å²) >= 11 is 13.9. The largest absolute Gasteiger partial charge is 0.870 e. The summed E-state index contributed by atoms with van der Waals surface area (Å²) < 4.78 is 55.7. The van der Waals surface area contributed by atoms with Crippen molar-refractivity contribution in [3.05, 3.63) is 104 Å². The number of halogens is 5. The topological polar surface area (TPSA) is 101 Å². The van der Waals surface area contributed by atoms with E-state index in [1.807, 2.05) is 0 Å². The third-order valence-corrected chi connectivity index (χ3v) is 7.42. The molecule has 2 aromatic heterocycles. The van der Waals surface area contributed by atoms with Crippen molar-refractivity contribution in [1.29, 1.82) is 0 Å². The number of rotatable bonds is 12. The monoisotopic (exact) mass is 628 g/mol. The number of H-pyrrole nitrogens is 1. The molecule has 2 heterocycles. The van der Waals surface area contributed by atoms with Gasteiger partial charge in [-0.25, -0.2) is 14.2 Å². The van der Waals surface area contributed by atoms with E-state index in [2.05, 4.69) is 15.0 Å². The van der Waals surface area contributed by atoms with Gasteiger partial charge in [-0.05, 0) is 48.9 Å². The quantitative estimate of drug-likeness (QED) is 0.162. The Morgan fingerprint density at radius 2 is 1.78 bits per heavy atom. The van der Waals surface area contributed by atoms with Gasteiger partial charge in [-0.3, -0.25) is 0 Å². The average Bonchev–Trinajstić information content (AvgIpc) is 3.40. The van der Waals surface area contributed by atoms with E-state index in [1.165, 1.54) is 35.6 Å². The average molecular weight is 629 g/mol. The zero-order valence-corrected chi connectivity index (χ0v) is 23.8. The maximum absolute atomic E-state index is 13.9. The molecular formula is C28H25Cl2F3N2O5S. The van der Waals surface area contributed by atoms with Crippen LogP contribution in [0.2, 0.25) is 10.0 Å². The first kappa shape index (κ1) is 32.0. The minimum atomic E-state index is -3.04. The highest BCUT2D eigenvalue weighted by atomic mass is 35.5. The lowest BCUT2D eigenvalue weighted by atomic mass is 10.0. The molecule has 4 rings (SSSR count). The SMILES string of the molecule is CCOc1cc([C@H](Cc2c(Cl)c[nH+]cc2Cl)OC(=O)c2ccc(CNc3ccccc3F)s2)ccc1OC(F)F.[OH-]. The smallest absolute Gasteiger partial charge is 0.387 e. The first-order valence-corrected chi connectivity index (χ1v) is 13.7. The summed E-state index contributed by atoms with van der Waals surface area (Å²) in [6.07, 6.45) is 2.26. The van der Waals surface area contributed by atoms with Gasteiger partial charge in [-0.15, -0.1) is 11.3 Å². The standard InChI is InChI=1S/C28H23Cl2F3N2O4S.H2O/c1-2-37-25-11-16(7-9-23(25)39-28(32)33)24(12-18-19(29)14-34-15-20(18)30)38-27(36)26-10-8-17(40-26)13-35-22-6-4-3-5-21(22)31;/h3-11,14-15,24,28,35H,2,12-13H2,1H3;1H2/t24-;/m0./s1. The highest BCUT2D eigenvalue weighted by molar-refractivity contribution is 7.13. The van der Waals surface area contributed by atoms with E-state index in [-0.39, 0.29) is 35.8 Å². The molecule has 7 nitrogen and oxygen atoms in total. The maximum Gasteiger partial charge on any atom is 0.387 e. The van der Waals surface area contributed by atoms with Crippen molar-refractivity contribution >= 4 is 46.2 Å². The van der Waals surface area contributed by atoms with Crippen LogP contribution in [-0.2, 0) is 17.7 Å². The first-order valence-electron chi connectivity index (χ1n) is 12.1. The lowest BCUT2D eigenvalue weighted by molar-refractivity contribution is -0.377. The van der Waals surface area contributed by atoms with Gasteiger partial charge in [0, 0.05) is 23.4 Å². The summed E-state index contributed by atoms with van der Waals surface area (Å²) in [7, 11) is 0. The maximum atomic E-state index is 13.9. The molecule has 0 unspecified atom stereocenters. The number of ether oxygens (including phenoxy) is 3. The van der Waals surface area contributed by atoms with Gasteiger partial charge in [0.2, 0.25) is 0 Å². The van der Waals surface area contributed by atoms with Crippen LogP contribution in [-0.4, -0.2) is 24.7 Å². The number of carbonyl (C=O) groups excluding carboxylic acids is 1. The fourth-order valence-corrected chi connectivity index (χ4v) is 5.19. The van der Waals surface area contributed by atoms with Gasteiger partial charge in [0.25, 0.3) is 0 Å². The van der Waals surface area contributed by atoms with E-state index in [0.29, 0.717) is 38.3 Å². The van der Waals surface area contributed by atoms with E-state index in [4.69, 9.17) is 32.7 Å². The lowest BCUT2D eigenvalue weighted by Crippen LogP contribution is -2.15. The number of esters is 1. The van der Waals surface area contributed by atoms with E-state index in [1.54, 1.807) is 49.6 Å². The minimum absolute atomic E-state index is 0. The summed E-state index contributed by atoms with van der Waals surface area (Å²) in [6.45, 7) is -0.848. The number of carbonyl (C=O) groups is 1. The van der Waals surface area contributed by atoms with Gasteiger partial charge in [0.1, 0.15) is 26.8 Å². The Morgan fingerprint density at radius 3 is 2.46 bits per heavy atom. The van der Waals surface area contributed by atoms with Gasteiger partial charge in [0.05, 0.1) is 12.3 Å². The van der Waals surface area contributed by atoms with Crippen molar-refractivity contribution < 1.29 is 42.6 Å². The zero-order valence-electron chi connectivity index (χ0n) is 21.5. The van der Waals surface area contributed by atoms with Crippen molar-refractivity contribution in [2.75, 3.05) is 11.9 Å². The van der Waals surface area contributed by atoms with E-state index < -0.39 is 18.7 Å². The van der Waals surface area contributed by atoms with Gasteiger partial charge >= 0.3 is 12.6 Å². The van der Waals surface area contributed by atoms with Crippen LogP contribution in [0.3, 0.4) is 0 Å². The van der Waals surface area contributed by atoms with Crippen LogP contribution in [0.4, 0.5) is 18.9 Å². The molecular weight excluding hydrogens is 604 g/mol. The number of hydrogen-bond acceptors (Lipinski definition) is 7. The molecule has 0 bridgehead atoms. The van der Waals surface area contributed by atoms with E-state index >= 15 is 0 Å². The molecule has 0 amide bonds. The van der Waals surface area contributed by atoms with Crippen LogP contribution in [0.25, 0.3) is 0 Å². The Balaban J connectivity index is 0.00000462. The number of thiophene rings is 1. The van der Waals surface area contributed by atoms with Crippen LogP contribution in [0, 0.1) is 5.82 Å². The van der Waals surface area contributed by atoms with Gasteiger partial charge in [-0.2, -0.15) is 8.78 Å². The number of alkyl halides is 2. The van der Waals surface area contributed by atoms with Crippen LogP contribution in [0.1, 0.15) is 38.7 Å². The van der Waals surface area contributed by atoms with Crippen molar-refractivity contribution in [3.8, 4) is 11.5 Å². The Labute approximate surface area is 248 Å². The number of aromatic amines is 1. The lowest BCUT2D eigenvalue weighted by Gasteiger charge is -2.21. The van der Waals surface area contributed by atoms with Crippen molar-refractivity contribution in [2.24, 2.45) is 0 Å². The summed E-state index contributed by atoms with van der Waals surface area (Å²) in [4.78, 5) is 17.2. The normalized spacial score (nSPS) is 11.5. The molecule has 0 fully saturated rings. The zero-order chi connectivity index (χ0) is 28.6. The number of benzene rings is 2. The number of anilines is 1. The molecule has 0 radical (unpaired) electrons. The molecule has 3 N–H and O–H groups in total. The van der Waals surface area contributed by atoms with Crippen LogP contribution >= 0.6 is 34.5 Å². The Morgan fingerprint density at radius 1 is 1.05 bits per heavy atom. The second-order valence-corrected chi connectivity index (χ2v) is 10.3. The minimum Gasteiger partial charge on any atom is -0.870 e. The predicted molar refractivity (Wildman–Crippen MR) is 149 cm³/mol. The molecule has 41 heavy (non-hydrogen) atoms.